The first-order valence-corrected chi connectivity index (χ1v) is 10.8. The molecule has 1 heterocycles. The summed E-state index contributed by atoms with van der Waals surface area (Å²) >= 11 is 12.1. The molecule has 0 spiro atoms. The van der Waals surface area contributed by atoms with Gasteiger partial charge in [-0.1, -0.05) is 78.7 Å². The van der Waals surface area contributed by atoms with Gasteiger partial charge < -0.3 is 10.0 Å². The molecule has 4 rings (SSSR count). The summed E-state index contributed by atoms with van der Waals surface area (Å²) in [5.41, 5.74) is 1.44. The first-order valence-electron chi connectivity index (χ1n) is 10.0. The van der Waals surface area contributed by atoms with Crippen molar-refractivity contribution in [1.29, 1.82) is 0 Å². The van der Waals surface area contributed by atoms with Crippen LogP contribution in [0.1, 0.15) is 40.4 Å². The molecule has 0 unspecified atom stereocenters. The number of aryl methyl sites for hydroxylation is 1. The molecule has 4 nitrogen and oxygen atoms in total. The predicted octanol–water partition coefficient (Wildman–Crippen LogP) is 5.56. The van der Waals surface area contributed by atoms with Crippen LogP contribution in [0.2, 0.25) is 10.0 Å². The lowest BCUT2D eigenvalue weighted by Crippen LogP contribution is -2.41. The Hall–Kier alpha value is -2.66. The number of rotatable bonds is 6. The number of benzene rings is 3. The number of Topliss-reactive ketones (excluding diaryl/α,β-unsaturated/α-hetero) is 1. The Morgan fingerprint density at radius 2 is 1.65 bits per heavy atom. The molecule has 1 aliphatic rings. The van der Waals surface area contributed by atoms with E-state index in [-0.39, 0.29) is 18.7 Å². The summed E-state index contributed by atoms with van der Waals surface area (Å²) in [7, 11) is 0. The average molecular weight is 454 g/mol. The minimum atomic E-state index is -1.92. The molecule has 1 N–H and O–H groups in total. The maximum absolute atomic E-state index is 13.4. The number of hydrogen-bond donors (Lipinski definition) is 1. The van der Waals surface area contributed by atoms with Gasteiger partial charge in [0.2, 0.25) is 0 Å². The third-order valence-corrected chi connectivity index (χ3v) is 6.40. The Bertz CT molecular complexity index is 1160. The van der Waals surface area contributed by atoms with Gasteiger partial charge >= 0.3 is 0 Å². The van der Waals surface area contributed by atoms with Gasteiger partial charge in [0.15, 0.2) is 11.4 Å². The van der Waals surface area contributed by atoms with Crippen molar-refractivity contribution in [2.24, 2.45) is 0 Å². The zero-order valence-corrected chi connectivity index (χ0v) is 18.5. The highest BCUT2D eigenvalue weighted by Crippen LogP contribution is 2.43. The van der Waals surface area contributed by atoms with Gasteiger partial charge in [0.1, 0.15) is 0 Å². The van der Waals surface area contributed by atoms with Gasteiger partial charge in [-0.3, -0.25) is 9.59 Å². The minimum Gasteiger partial charge on any atom is -0.375 e. The molecule has 0 aliphatic carbocycles. The number of hydrogen-bond acceptors (Lipinski definition) is 3. The van der Waals surface area contributed by atoms with Crippen LogP contribution in [0.3, 0.4) is 0 Å². The first kappa shape index (κ1) is 21.6. The summed E-state index contributed by atoms with van der Waals surface area (Å²) in [5.74, 6) is -0.817. The molecule has 6 heteroatoms. The highest BCUT2D eigenvalue weighted by molar-refractivity contribution is 6.42. The normalized spacial score (nSPS) is 17.7. The van der Waals surface area contributed by atoms with Crippen molar-refractivity contribution in [3.63, 3.8) is 0 Å². The van der Waals surface area contributed by atoms with E-state index in [9.17, 15) is 14.7 Å². The van der Waals surface area contributed by atoms with Gasteiger partial charge in [0.05, 0.1) is 28.7 Å². The van der Waals surface area contributed by atoms with Crippen LogP contribution >= 0.6 is 23.2 Å². The van der Waals surface area contributed by atoms with E-state index in [1.165, 1.54) is 4.90 Å². The molecule has 0 radical (unpaired) electrons. The molecule has 3 aromatic carbocycles. The second-order valence-corrected chi connectivity index (χ2v) is 8.48. The van der Waals surface area contributed by atoms with Gasteiger partial charge in [0, 0.05) is 11.1 Å². The van der Waals surface area contributed by atoms with Crippen LogP contribution in [0, 0.1) is 0 Å². The van der Waals surface area contributed by atoms with Crippen LogP contribution in [0.15, 0.2) is 66.7 Å². The Balaban J connectivity index is 1.65. The number of ketones is 1. The number of halogens is 2. The van der Waals surface area contributed by atoms with E-state index in [0.29, 0.717) is 26.9 Å². The Labute approximate surface area is 191 Å². The fourth-order valence-corrected chi connectivity index (χ4v) is 4.24. The van der Waals surface area contributed by atoms with Gasteiger partial charge in [-0.2, -0.15) is 0 Å². The summed E-state index contributed by atoms with van der Waals surface area (Å²) in [4.78, 5) is 27.8. The predicted molar refractivity (Wildman–Crippen MR) is 123 cm³/mol. The fourth-order valence-electron chi connectivity index (χ4n) is 3.92. The highest BCUT2D eigenvalue weighted by Gasteiger charge is 2.50. The SMILES string of the molecule is CCc1ccc(C(=O)C[C@@]2(O)C(=O)N(Cc3ccc(Cl)c(Cl)c3)c3ccccc32)cc1. The molecule has 0 saturated carbocycles. The first-order chi connectivity index (χ1) is 14.8. The van der Waals surface area contributed by atoms with E-state index < -0.39 is 11.5 Å². The number of carbonyl (C=O) groups is 2. The maximum atomic E-state index is 13.4. The van der Waals surface area contributed by atoms with Crippen LogP contribution < -0.4 is 4.90 Å². The molecule has 1 aliphatic heterocycles. The van der Waals surface area contributed by atoms with Crippen molar-refractivity contribution >= 4 is 40.6 Å². The van der Waals surface area contributed by atoms with E-state index in [2.05, 4.69) is 0 Å². The van der Waals surface area contributed by atoms with Gasteiger partial charge in [-0.05, 0) is 35.7 Å². The lowest BCUT2D eigenvalue weighted by molar-refractivity contribution is -0.136. The molecular weight excluding hydrogens is 433 g/mol. The van der Waals surface area contributed by atoms with Crippen molar-refractivity contribution in [2.45, 2.75) is 31.9 Å². The van der Waals surface area contributed by atoms with Crippen molar-refractivity contribution in [2.75, 3.05) is 4.90 Å². The van der Waals surface area contributed by atoms with Crippen LogP contribution in [0.5, 0.6) is 0 Å². The second-order valence-electron chi connectivity index (χ2n) is 7.67. The Morgan fingerprint density at radius 1 is 0.968 bits per heavy atom. The summed E-state index contributed by atoms with van der Waals surface area (Å²) < 4.78 is 0. The molecule has 0 saturated heterocycles. The number of nitrogens with zero attached hydrogens (tertiary/aromatic N) is 1. The van der Waals surface area contributed by atoms with Crippen molar-refractivity contribution in [3.05, 3.63) is 99.0 Å². The van der Waals surface area contributed by atoms with Gasteiger partial charge in [0.25, 0.3) is 5.91 Å². The minimum absolute atomic E-state index is 0.203. The number of carbonyl (C=O) groups excluding carboxylic acids is 2. The van der Waals surface area contributed by atoms with E-state index in [1.807, 2.05) is 19.1 Å². The number of fused-ring (bicyclic) bond motifs is 1. The fraction of sp³-hybridized carbons (Fsp3) is 0.200. The number of amides is 1. The van der Waals surface area contributed by atoms with Crippen molar-refractivity contribution in [3.8, 4) is 0 Å². The third-order valence-electron chi connectivity index (χ3n) is 5.66. The van der Waals surface area contributed by atoms with Crippen molar-refractivity contribution < 1.29 is 14.7 Å². The molecule has 1 atom stereocenters. The van der Waals surface area contributed by atoms with Crippen LogP contribution in [0.25, 0.3) is 0 Å². The van der Waals surface area contributed by atoms with Crippen molar-refractivity contribution in [1.82, 2.24) is 0 Å². The topological polar surface area (TPSA) is 57.6 Å². The number of anilines is 1. The molecule has 3 aromatic rings. The molecule has 0 fully saturated rings. The van der Waals surface area contributed by atoms with E-state index >= 15 is 0 Å². The lowest BCUT2D eigenvalue weighted by Gasteiger charge is -2.23. The Kier molecular flexibility index (Phi) is 5.89. The zero-order chi connectivity index (χ0) is 22.2. The largest absolute Gasteiger partial charge is 0.375 e. The molecule has 1 amide bonds. The smallest absolute Gasteiger partial charge is 0.264 e. The molecule has 0 aromatic heterocycles. The second kappa shape index (κ2) is 8.46. The number of para-hydroxylation sites is 1. The summed E-state index contributed by atoms with van der Waals surface area (Å²) in [6.07, 6.45) is 0.542. The molecule has 31 heavy (non-hydrogen) atoms. The maximum Gasteiger partial charge on any atom is 0.264 e. The average Bonchev–Trinajstić information content (AvgIpc) is 2.98. The standard InChI is InChI=1S/C25H21Cl2NO3/c1-2-16-7-10-18(11-8-16)23(29)14-25(31)19-5-3-4-6-22(19)28(24(25)30)15-17-9-12-20(26)21(27)13-17/h3-13,31H,2,14-15H2,1H3/t25-/m0/s1. The highest BCUT2D eigenvalue weighted by atomic mass is 35.5. The number of aliphatic hydroxyl groups is 1. The molecule has 158 valence electrons. The summed E-state index contributed by atoms with van der Waals surface area (Å²) in [6.45, 7) is 2.24. The van der Waals surface area contributed by atoms with Gasteiger partial charge in [-0.15, -0.1) is 0 Å². The van der Waals surface area contributed by atoms with Crippen LogP contribution in [-0.2, 0) is 23.4 Å². The van der Waals surface area contributed by atoms with Gasteiger partial charge in [-0.25, -0.2) is 0 Å². The monoisotopic (exact) mass is 453 g/mol. The zero-order valence-electron chi connectivity index (χ0n) is 16.9. The molecular formula is C25H21Cl2NO3. The third kappa shape index (κ3) is 3.99. The van der Waals surface area contributed by atoms with E-state index in [1.54, 1.807) is 54.6 Å². The van der Waals surface area contributed by atoms with E-state index in [0.717, 1.165) is 17.5 Å². The summed E-state index contributed by atoms with van der Waals surface area (Å²) in [6, 6.07) is 19.4. The van der Waals surface area contributed by atoms with Crippen LogP contribution in [-0.4, -0.2) is 16.8 Å². The summed E-state index contributed by atoms with van der Waals surface area (Å²) in [5, 5.41) is 12.2. The lowest BCUT2D eigenvalue weighted by atomic mass is 9.88. The molecule has 0 bridgehead atoms. The van der Waals surface area contributed by atoms with Crippen LogP contribution in [0.4, 0.5) is 5.69 Å². The Morgan fingerprint density at radius 3 is 2.32 bits per heavy atom. The quantitative estimate of drug-likeness (QED) is 0.496. The van der Waals surface area contributed by atoms with E-state index in [4.69, 9.17) is 23.2 Å².